The van der Waals surface area contributed by atoms with Crippen molar-refractivity contribution >= 4 is 23.0 Å². The molecular formula is C9H18ClNO4. The third-order valence-corrected chi connectivity index (χ3v) is 1.63. The van der Waals surface area contributed by atoms with Crippen molar-refractivity contribution in [3.63, 3.8) is 0 Å². The molecule has 0 heterocycles. The normalized spacial score (nSPS) is 11.3. The molecule has 5 nitrogen and oxygen atoms in total. The predicted octanol–water partition coefficient (Wildman–Crippen LogP) is 1.83. The number of aliphatic carboxylic acids is 1. The Hall–Kier alpha value is -0.810. The Morgan fingerprint density at radius 1 is 1.47 bits per heavy atom. The molecule has 90 valence electrons. The second-order valence-corrected chi connectivity index (χ2v) is 3.48. The van der Waals surface area contributed by atoms with Gasteiger partial charge in [-0.3, -0.25) is 4.79 Å². The lowest BCUT2D eigenvalue weighted by atomic mass is 10.0. The summed E-state index contributed by atoms with van der Waals surface area (Å²) >= 11 is 4.72. The molecule has 0 aliphatic carbocycles. The molecule has 3 N–H and O–H groups in total. The van der Waals surface area contributed by atoms with Crippen LogP contribution in [0.5, 0.6) is 0 Å². The first-order valence-electron chi connectivity index (χ1n) is 4.60. The maximum atomic E-state index is 10.0. The molecule has 0 aromatic carbocycles. The van der Waals surface area contributed by atoms with Crippen molar-refractivity contribution in [2.75, 3.05) is 6.61 Å². The number of rotatable bonds is 4. The van der Waals surface area contributed by atoms with Gasteiger partial charge in [-0.25, -0.2) is 4.79 Å². The number of halogens is 1. The van der Waals surface area contributed by atoms with Gasteiger partial charge in [-0.2, -0.15) is 0 Å². The van der Waals surface area contributed by atoms with E-state index in [0.29, 0.717) is 6.61 Å². The molecule has 0 rings (SSSR count). The fourth-order valence-corrected chi connectivity index (χ4v) is 0.660. The Balaban J connectivity index is 0. The van der Waals surface area contributed by atoms with E-state index >= 15 is 0 Å². The van der Waals surface area contributed by atoms with Crippen molar-refractivity contribution in [1.82, 2.24) is 0 Å². The lowest BCUT2D eigenvalue weighted by Gasteiger charge is -2.11. The van der Waals surface area contributed by atoms with Crippen LogP contribution in [0, 0.1) is 5.92 Å². The van der Waals surface area contributed by atoms with E-state index in [1.807, 2.05) is 13.8 Å². The Morgan fingerprint density at radius 3 is 2.00 bits per heavy atom. The predicted molar refractivity (Wildman–Crippen MR) is 57.9 cm³/mol. The largest absolute Gasteiger partial charge is 0.481 e. The number of carboxylic acids is 1. The van der Waals surface area contributed by atoms with Crippen LogP contribution in [0.1, 0.15) is 27.2 Å². The monoisotopic (exact) mass is 239 g/mol. The van der Waals surface area contributed by atoms with Crippen molar-refractivity contribution in [3.8, 4) is 0 Å². The number of hydrogen-bond acceptors (Lipinski definition) is 4. The van der Waals surface area contributed by atoms with Crippen molar-refractivity contribution in [2.45, 2.75) is 33.2 Å². The molecule has 0 bridgehead atoms. The highest BCUT2D eigenvalue weighted by Crippen LogP contribution is 2.01. The first-order valence-corrected chi connectivity index (χ1v) is 4.98. The highest BCUT2D eigenvalue weighted by Gasteiger charge is 2.10. The smallest absolute Gasteiger partial charge is 0.403 e. The van der Waals surface area contributed by atoms with E-state index in [1.165, 1.54) is 0 Å². The Labute approximate surface area is 94.5 Å². The average Bonchev–Trinajstić information content (AvgIpc) is 2.03. The molecular weight excluding hydrogens is 222 g/mol. The van der Waals surface area contributed by atoms with Gasteiger partial charge in [0.25, 0.3) is 0 Å². The summed E-state index contributed by atoms with van der Waals surface area (Å²) in [5.41, 5.74) is 4.70. The van der Waals surface area contributed by atoms with Crippen LogP contribution in [-0.4, -0.2) is 29.2 Å². The summed E-state index contributed by atoms with van der Waals surface area (Å²) in [5, 5.41) is 8.25. The molecule has 0 aromatic heterocycles. The van der Waals surface area contributed by atoms with Crippen LogP contribution in [0.2, 0.25) is 0 Å². The molecule has 15 heavy (non-hydrogen) atoms. The minimum Gasteiger partial charge on any atom is -0.481 e. The van der Waals surface area contributed by atoms with E-state index in [4.69, 9.17) is 22.4 Å². The summed E-state index contributed by atoms with van der Waals surface area (Å²) in [4.78, 5) is 19.6. The fraction of sp³-hybridized carbons (Fsp3) is 0.778. The lowest BCUT2D eigenvalue weighted by Crippen LogP contribution is -2.28. The standard InChI is InChI=1S/C6H13NO2.C3H5ClO2/c1-4(2)5(7)3-6(8)9;1-2-6-3(4)5/h4-5H,3,7H2,1-2H3,(H,8,9);2H2,1H3. The fourth-order valence-electron chi connectivity index (χ4n) is 0.551. The first-order chi connectivity index (χ1) is 6.81. The van der Waals surface area contributed by atoms with Crippen LogP contribution in [-0.2, 0) is 9.53 Å². The number of ether oxygens (including phenoxy) is 1. The Morgan fingerprint density at radius 2 is 1.93 bits per heavy atom. The van der Waals surface area contributed by atoms with Crippen LogP contribution in [0.4, 0.5) is 4.79 Å². The SMILES string of the molecule is CC(C)C(N)CC(=O)O.CCOC(=O)Cl. The molecule has 0 spiro atoms. The molecule has 0 saturated heterocycles. The summed E-state index contributed by atoms with van der Waals surface area (Å²) in [7, 11) is 0. The highest BCUT2D eigenvalue weighted by molar-refractivity contribution is 6.61. The molecule has 0 fully saturated rings. The molecule has 0 saturated carbocycles. The van der Waals surface area contributed by atoms with Gasteiger partial charge in [-0.1, -0.05) is 13.8 Å². The number of carbonyl (C=O) groups excluding carboxylic acids is 1. The molecule has 0 amide bonds. The highest BCUT2D eigenvalue weighted by atomic mass is 35.5. The van der Waals surface area contributed by atoms with E-state index < -0.39 is 11.4 Å². The van der Waals surface area contributed by atoms with E-state index in [9.17, 15) is 9.59 Å². The Bertz CT molecular complexity index is 197. The summed E-state index contributed by atoms with van der Waals surface area (Å²) < 4.78 is 4.17. The third kappa shape index (κ3) is 15.9. The Kier molecular flexibility index (Phi) is 10.8. The van der Waals surface area contributed by atoms with Gasteiger partial charge in [0.05, 0.1) is 13.0 Å². The van der Waals surface area contributed by atoms with E-state index in [0.717, 1.165) is 0 Å². The van der Waals surface area contributed by atoms with Gasteiger partial charge < -0.3 is 15.6 Å². The summed E-state index contributed by atoms with van der Waals surface area (Å²) in [5.74, 6) is -0.572. The number of nitrogens with two attached hydrogens (primary N) is 1. The van der Waals surface area contributed by atoms with E-state index in [1.54, 1.807) is 6.92 Å². The summed E-state index contributed by atoms with van der Waals surface area (Å²) in [6, 6.07) is -0.206. The first kappa shape index (κ1) is 16.6. The summed E-state index contributed by atoms with van der Waals surface area (Å²) in [6.45, 7) is 5.86. The van der Waals surface area contributed by atoms with E-state index in [-0.39, 0.29) is 18.4 Å². The topological polar surface area (TPSA) is 89.6 Å². The number of carboxylic acid groups (broad SMARTS) is 1. The van der Waals surface area contributed by atoms with Gasteiger partial charge in [0, 0.05) is 17.6 Å². The number of carbonyl (C=O) groups is 2. The maximum Gasteiger partial charge on any atom is 0.403 e. The molecule has 6 heteroatoms. The van der Waals surface area contributed by atoms with Crippen LogP contribution in [0.3, 0.4) is 0 Å². The van der Waals surface area contributed by atoms with Gasteiger partial charge in [0.2, 0.25) is 0 Å². The minimum atomic E-state index is -0.823. The van der Waals surface area contributed by atoms with Crippen molar-refractivity contribution < 1.29 is 19.4 Å². The quantitative estimate of drug-likeness (QED) is 0.731. The molecule has 0 aliphatic rings. The van der Waals surface area contributed by atoms with Gasteiger partial charge in [0.1, 0.15) is 0 Å². The van der Waals surface area contributed by atoms with Gasteiger partial charge in [0.15, 0.2) is 0 Å². The van der Waals surface area contributed by atoms with Crippen LogP contribution < -0.4 is 5.73 Å². The van der Waals surface area contributed by atoms with Gasteiger partial charge >= 0.3 is 11.4 Å². The number of hydrogen-bond donors (Lipinski definition) is 2. The van der Waals surface area contributed by atoms with Crippen molar-refractivity contribution in [1.29, 1.82) is 0 Å². The third-order valence-electron chi connectivity index (χ3n) is 1.52. The van der Waals surface area contributed by atoms with Crippen LogP contribution >= 0.6 is 11.6 Å². The maximum absolute atomic E-state index is 10.0. The average molecular weight is 240 g/mol. The minimum absolute atomic E-state index is 0.0671. The molecule has 1 atom stereocenters. The second kappa shape index (κ2) is 9.73. The molecule has 0 aliphatic heterocycles. The zero-order chi connectivity index (χ0) is 12.4. The zero-order valence-electron chi connectivity index (χ0n) is 9.20. The van der Waals surface area contributed by atoms with Crippen molar-refractivity contribution in [3.05, 3.63) is 0 Å². The molecule has 1 unspecified atom stereocenters. The van der Waals surface area contributed by atoms with Crippen molar-refractivity contribution in [2.24, 2.45) is 11.7 Å². The molecule has 0 radical (unpaired) electrons. The van der Waals surface area contributed by atoms with Crippen LogP contribution in [0.15, 0.2) is 0 Å². The second-order valence-electron chi connectivity index (χ2n) is 3.18. The zero-order valence-corrected chi connectivity index (χ0v) is 9.95. The lowest BCUT2D eigenvalue weighted by molar-refractivity contribution is -0.137. The van der Waals surface area contributed by atoms with Crippen LogP contribution in [0.25, 0.3) is 0 Å². The van der Waals surface area contributed by atoms with Gasteiger partial charge in [-0.15, -0.1) is 0 Å². The molecule has 0 aromatic rings. The summed E-state index contributed by atoms with van der Waals surface area (Å²) in [6.07, 6.45) is 0.0671. The van der Waals surface area contributed by atoms with Gasteiger partial charge in [-0.05, 0) is 12.8 Å². The van der Waals surface area contributed by atoms with E-state index in [2.05, 4.69) is 4.74 Å².